The Morgan fingerprint density at radius 3 is 2.64 bits per heavy atom. The average Bonchev–Trinajstić information content (AvgIpc) is 2.60. The van der Waals surface area contributed by atoms with Gasteiger partial charge < -0.3 is 14.4 Å². The lowest BCUT2D eigenvalue weighted by Crippen LogP contribution is -2.17. The molecule has 0 atom stereocenters. The van der Waals surface area contributed by atoms with Crippen molar-refractivity contribution in [2.45, 2.75) is 25.9 Å². The molecule has 0 saturated heterocycles. The lowest BCUT2D eigenvalue weighted by atomic mass is 10.3. The highest BCUT2D eigenvalue weighted by atomic mass is 19.4. The number of anilines is 2. The molecule has 136 valence electrons. The number of hydrogen-bond donors (Lipinski definition) is 0. The van der Waals surface area contributed by atoms with Crippen LogP contribution in [0, 0.1) is 0 Å². The van der Waals surface area contributed by atoms with E-state index < -0.39 is 17.6 Å². The highest BCUT2D eigenvalue weighted by molar-refractivity contribution is 5.59. The maximum atomic E-state index is 13.1. The van der Waals surface area contributed by atoms with Crippen molar-refractivity contribution < 1.29 is 22.6 Å². The standard InChI is InChI=1S/C17H20F3N3O2/c1-4-5-9-25-15-14(17(18,19)20)11-21-16(22-15)23(2)12-7-6-8-13(10-12)24-3/h6-8,10-11H,4-5,9H2,1-3H3. The second kappa shape index (κ2) is 8.04. The van der Waals surface area contributed by atoms with E-state index in [2.05, 4.69) is 9.97 Å². The lowest BCUT2D eigenvalue weighted by Gasteiger charge is -2.20. The minimum Gasteiger partial charge on any atom is -0.497 e. The molecule has 0 aliphatic heterocycles. The van der Waals surface area contributed by atoms with E-state index in [9.17, 15) is 13.2 Å². The number of methoxy groups -OCH3 is 1. The molecule has 0 amide bonds. The van der Waals surface area contributed by atoms with E-state index in [1.165, 1.54) is 7.11 Å². The summed E-state index contributed by atoms with van der Waals surface area (Å²) in [5.74, 6) is 0.268. The fourth-order valence-corrected chi connectivity index (χ4v) is 2.07. The third-order valence-electron chi connectivity index (χ3n) is 3.52. The predicted molar refractivity (Wildman–Crippen MR) is 88.5 cm³/mol. The van der Waals surface area contributed by atoms with Crippen molar-refractivity contribution in [3.8, 4) is 11.6 Å². The Bertz CT molecular complexity index is 708. The smallest absolute Gasteiger partial charge is 0.423 e. The van der Waals surface area contributed by atoms with Gasteiger partial charge in [-0.2, -0.15) is 18.2 Å². The van der Waals surface area contributed by atoms with Crippen molar-refractivity contribution in [2.75, 3.05) is 25.7 Å². The van der Waals surface area contributed by atoms with Crippen LogP contribution in [0.5, 0.6) is 11.6 Å². The minimum atomic E-state index is -4.57. The summed E-state index contributed by atoms with van der Waals surface area (Å²) in [7, 11) is 3.20. The van der Waals surface area contributed by atoms with Gasteiger partial charge in [-0.25, -0.2) is 4.98 Å². The van der Waals surface area contributed by atoms with Crippen LogP contribution >= 0.6 is 0 Å². The highest BCUT2D eigenvalue weighted by Crippen LogP contribution is 2.36. The molecule has 1 aromatic heterocycles. The van der Waals surface area contributed by atoms with E-state index in [1.807, 2.05) is 6.92 Å². The van der Waals surface area contributed by atoms with Crippen LogP contribution in [-0.4, -0.2) is 30.7 Å². The van der Waals surface area contributed by atoms with Gasteiger partial charge in [0, 0.05) is 25.0 Å². The molecular weight excluding hydrogens is 335 g/mol. The molecule has 0 unspecified atom stereocenters. The lowest BCUT2D eigenvalue weighted by molar-refractivity contribution is -0.139. The average molecular weight is 355 g/mol. The Morgan fingerprint density at radius 1 is 1.24 bits per heavy atom. The summed E-state index contributed by atoms with van der Waals surface area (Å²) in [5, 5.41) is 0. The van der Waals surface area contributed by atoms with Crippen molar-refractivity contribution in [2.24, 2.45) is 0 Å². The summed E-state index contributed by atoms with van der Waals surface area (Å²) in [6, 6.07) is 7.05. The summed E-state index contributed by atoms with van der Waals surface area (Å²) >= 11 is 0. The number of hydrogen-bond acceptors (Lipinski definition) is 5. The predicted octanol–water partition coefficient (Wildman–Crippen LogP) is 4.45. The molecule has 0 N–H and O–H groups in total. The van der Waals surface area contributed by atoms with Crippen LogP contribution in [0.1, 0.15) is 25.3 Å². The first-order valence-corrected chi connectivity index (χ1v) is 7.81. The molecule has 0 aliphatic carbocycles. The molecule has 1 aromatic carbocycles. The van der Waals surface area contributed by atoms with E-state index in [-0.39, 0.29) is 12.6 Å². The number of nitrogens with zero attached hydrogens (tertiary/aromatic N) is 3. The molecule has 2 aromatic rings. The number of alkyl halides is 3. The molecule has 0 spiro atoms. The summed E-state index contributed by atoms with van der Waals surface area (Å²) in [6.07, 6.45) is -2.37. The van der Waals surface area contributed by atoms with Crippen molar-refractivity contribution in [1.82, 2.24) is 9.97 Å². The largest absolute Gasteiger partial charge is 0.497 e. The Balaban J connectivity index is 2.35. The summed E-state index contributed by atoms with van der Waals surface area (Å²) in [6.45, 7) is 2.09. The first kappa shape index (κ1) is 18.8. The number of halogens is 3. The third kappa shape index (κ3) is 4.74. The summed E-state index contributed by atoms with van der Waals surface area (Å²) < 4.78 is 49.8. The van der Waals surface area contributed by atoms with Crippen molar-refractivity contribution >= 4 is 11.6 Å². The van der Waals surface area contributed by atoms with Crippen molar-refractivity contribution in [3.63, 3.8) is 0 Å². The number of ether oxygens (including phenoxy) is 2. The highest BCUT2D eigenvalue weighted by Gasteiger charge is 2.36. The zero-order valence-corrected chi connectivity index (χ0v) is 14.3. The Kier molecular flexibility index (Phi) is 6.06. The third-order valence-corrected chi connectivity index (χ3v) is 3.52. The Labute approximate surface area is 144 Å². The van der Waals surface area contributed by atoms with Crippen LogP contribution in [0.4, 0.5) is 24.8 Å². The van der Waals surface area contributed by atoms with Gasteiger partial charge in [-0.3, -0.25) is 0 Å². The normalized spacial score (nSPS) is 11.3. The maximum Gasteiger partial charge on any atom is 0.423 e. The van der Waals surface area contributed by atoms with E-state index in [4.69, 9.17) is 9.47 Å². The monoisotopic (exact) mass is 355 g/mol. The van der Waals surface area contributed by atoms with Gasteiger partial charge in [0.2, 0.25) is 11.8 Å². The SMILES string of the molecule is CCCCOc1nc(N(C)c2cccc(OC)c2)ncc1C(F)(F)F. The van der Waals surface area contributed by atoms with Gasteiger partial charge >= 0.3 is 6.18 Å². The second-order valence-corrected chi connectivity index (χ2v) is 5.35. The van der Waals surface area contributed by atoms with E-state index in [1.54, 1.807) is 36.2 Å². The fourth-order valence-electron chi connectivity index (χ4n) is 2.07. The van der Waals surface area contributed by atoms with Gasteiger partial charge in [0.05, 0.1) is 13.7 Å². The topological polar surface area (TPSA) is 47.5 Å². The number of rotatable bonds is 7. The van der Waals surface area contributed by atoms with Crippen molar-refractivity contribution in [1.29, 1.82) is 0 Å². The van der Waals surface area contributed by atoms with Crippen molar-refractivity contribution in [3.05, 3.63) is 36.0 Å². The fraction of sp³-hybridized carbons (Fsp3) is 0.412. The maximum absolute atomic E-state index is 13.1. The Morgan fingerprint density at radius 2 is 2.00 bits per heavy atom. The van der Waals surface area contributed by atoms with Crippen LogP contribution in [0.3, 0.4) is 0 Å². The molecular formula is C17H20F3N3O2. The molecule has 0 saturated carbocycles. The molecule has 0 radical (unpaired) electrons. The van der Waals surface area contributed by atoms with Gasteiger partial charge in [-0.15, -0.1) is 0 Å². The molecule has 1 heterocycles. The molecule has 0 bridgehead atoms. The molecule has 2 rings (SSSR count). The quantitative estimate of drug-likeness (QED) is 0.687. The van der Waals surface area contributed by atoms with Gasteiger partial charge in [0.25, 0.3) is 0 Å². The van der Waals surface area contributed by atoms with E-state index in [0.29, 0.717) is 17.9 Å². The second-order valence-electron chi connectivity index (χ2n) is 5.35. The molecule has 5 nitrogen and oxygen atoms in total. The first-order valence-electron chi connectivity index (χ1n) is 7.81. The zero-order valence-electron chi connectivity index (χ0n) is 14.3. The zero-order chi connectivity index (χ0) is 18.4. The van der Waals surface area contributed by atoms with Gasteiger partial charge in [-0.1, -0.05) is 19.4 Å². The van der Waals surface area contributed by atoms with Crippen LogP contribution in [0.15, 0.2) is 30.5 Å². The van der Waals surface area contributed by atoms with Crippen LogP contribution in [-0.2, 0) is 6.18 Å². The van der Waals surface area contributed by atoms with E-state index in [0.717, 1.165) is 12.6 Å². The van der Waals surface area contributed by atoms with Crippen LogP contribution in [0.2, 0.25) is 0 Å². The molecule has 25 heavy (non-hydrogen) atoms. The van der Waals surface area contributed by atoms with Gasteiger partial charge in [0.1, 0.15) is 11.3 Å². The molecule has 0 aliphatic rings. The van der Waals surface area contributed by atoms with Gasteiger partial charge in [0.15, 0.2) is 0 Å². The number of aromatic nitrogens is 2. The Hall–Kier alpha value is -2.51. The summed E-state index contributed by atoms with van der Waals surface area (Å²) in [5.41, 5.74) is -0.301. The first-order chi connectivity index (χ1) is 11.9. The minimum absolute atomic E-state index is 0.104. The molecule has 8 heteroatoms. The molecule has 0 fully saturated rings. The summed E-state index contributed by atoms with van der Waals surface area (Å²) in [4.78, 5) is 9.38. The number of unbranched alkanes of at least 4 members (excludes halogenated alkanes) is 1. The van der Waals surface area contributed by atoms with Crippen LogP contribution < -0.4 is 14.4 Å². The number of benzene rings is 1. The van der Waals surface area contributed by atoms with E-state index >= 15 is 0 Å². The van der Waals surface area contributed by atoms with Gasteiger partial charge in [-0.05, 0) is 18.6 Å². The van der Waals surface area contributed by atoms with Crippen LogP contribution in [0.25, 0.3) is 0 Å².